The third-order valence-electron chi connectivity index (χ3n) is 5.70. The van der Waals surface area contributed by atoms with Gasteiger partial charge in [-0.2, -0.15) is 0 Å². The van der Waals surface area contributed by atoms with Gasteiger partial charge in [0.2, 0.25) is 11.7 Å². The van der Waals surface area contributed by atoms with E-state index in [0.29, 0.717) is 19.3 Å². The molecular formula is C16H30F2O. The quantitative estimate of drug-likeness (QED) is 0.572. The second kappa shape index (κ2) is 5.31. The topological polar surface area (TPSA) is 9.23 Å². The van der Waals surface area contributed by atoms with Crippen LogP contribution in [0.3, 0.4) is 0 Å². The normalized spacial score (nSPS) is 32.2. The molecule has 1 saturated heterocycles. The Hall–Kier alpha value is -0.180. The molecule has 0 saturated carbocycles. The van der Waals surface area contributed by atoms with Crippen molar-refractivity contribution in [2.24, 2.45) is 10.8 Å². The first kappa shape index (κ1) is 16.9. The Kier molecular flexibility index (Phi) is 4.71. The Morgan fingerprint density at radius 1 is 0.947 bits per heavy atom. The van der Waals surface area contributed by atoms with E-state index in [2.05, 4.69) is 20.8 Å². The van der Waals surface area contributed by atoms with E-state index >= 15 is 0 Å². The summed E-state index contributed by atoms with van der Waals surface area (Å²) in [7, 11) is 0. The van der Waals surface area contributed by atoms with Crippen molar-refractivity contribution in [1.29, 1.82) is 0 Å². The van der Waals surface area contributed by atoms with Crippen LogP contribution in [0.4, 0.5) is 8.78 Å². The van der Waals surface area contributed by atoms with Crippen molar-refractivity contribution in [3.8, 4) is 0 Å². The van der Waals surface area contributed by atoms with Gasteiger partial charge in [-0.25, -0.2) is 8.78 Å². The van der Waals surface area contributed by atoms with Crippen molar-refractivity contribution in [2.75, 3.05) is 0 Å². The molecule has 19 heavy (non-hydrogen) atoms. The zero-order valence-electron chi connectivity index (χ0n) is 13.4. The van der Waals surface area contributed by atoms with Crippen molar-refractivity contribution in [1.82, 2.24) is 0 Å². The van der Waals surface area contributed by atoms with Gasteiger partial charge in [0.15, 0.2) is 0 Å². The number of alkyl halides is 2. The Morgan fingerprint density at radius 3 is 1.68 bits per heavy atom. The van der Waals surface area contributed by atoms with Gasteiger partial charge in [-0.3, -0.25) is 0 Å². The molecule has 2 atom stereocenters. The predicted molar refractivity (Wildman–Crippen MR) is 75.4 cm³/mol. The van der Waals surface area contributed by atoms with E-state index in [0.717, 1.165) is 12.8 Å². The average Bonchev–Trinajstić information content (AvgIpc) is 2.35. The van der Waals surface area contributed by atoms with E-state index in [-0.39, 0.29) is 11.8 Å². The summed E-state index contributed by atoms with van der Waals surface area (Å²) in [4.78, 5) is 0. The van der Waals surface area contributed by atoms with E-state index < -0.39 is 17.1 Å². The Morgan fingerprint density at radius 2 is 1.37 bits per heavy atom. The molecule has 1 aliphatic heterocycles. The maximum Gasteiger partial charge on any atom is 0.222 e. The second-order valence-electron chi connectivity index (χ2n) is 6.85. The van der Waals surface area contributed by atoms with Gasteiger partial charge >= 0.3 is 0 Å². The molecule has 0 bridgehead atoms. The highest BCUT2D eigenvalue weighted by molar-refractivity contribution is 5.02. The second-order valence-corrected chi connectivity index (χ2v) is 6.85. The van der Waals surface area contributed by atoms with E-state index in [4.69, 9.17) is 4.74 Å². The van der Waals surface area contributed by atoms with Crippen LogP contribution in [-0.2, 0) is 4.74 Å². The first-order chi connectivity index (χ1) is 8.61. The summed E-state index contributed by atoms with van der Waals surface area (Å²) >= 11 is 0. The monoisotopic (exact) mass is 276 g/mol. The van der Waals surface area contributed by atoms with Crippen LogP contribution in [-0.4, -0.2) is 11.7 Å². The fourth-order valence-corrected chi connectivity index (χ4v) is 2.97. The molecule has 1 aliphatic rings. The van der Waals surface area contributed by atoms with Crippen molar-refractivity contribution >= 4 is 0 Å². The zero-order valence-corrected chi connectivity index (χ0v) is 13.4. The molecule has 0 amide bonds. The van der Waals surface area contributed by atoms with E-state index in [9.17, 15) is 8.78 Å². The van der Waals surface area contributed by atoms with Crippen LogP contribution in [0.5, 0.6) is 0 Å². The molecule has 1 fully saturated rings. The van der Waals surface area contributed by atoms with Crippen LogP contribution in [0.2, 0.25) is 0 Å². The van der Waals surface area contributed by atoms with Gasteiger partial charge in [0.05, 0.1) is 6.42 Å². The van der Waals surface area contributed by atoms with E-state index in [1.807, 2.05) is 20.8 Å². The van der Waals surface area contributed by atoms with Gasteiger partial charge in [0.1, 0.15) is 0 Å². The van der Waals surface area contributed by atoms with Crippen molar-refractivity contribution in [3.63, 3.8) is 0 Å². The first-order valence-corrected chi connectivity index (χ1v) is 7.69. The summed E-state index contributed by atoms with van der Waals surface area (Å²) < 4.78 is 34.6. The number of halogens is 2. The largest absolute Gasteiger partial charge is 0.308 e. The lowest BCUT2D eigenvalue weighted by molar-refractivity contribution is -0.425. The van der Waals surface area contributed by atoms with Crippen LogP contribution in [0.25, 0.3) is 0 Å². The third kappa shape index (κ3) is 2.96. The molecule has 0 aromatic carbocycles. The minimum Gasteiger partial charge on any atom is -0.308 e. The van der Waals surface area contributed by atoms with Crippen LogP contribution >= 0.6 is 0 Å². The molecule has 0 aromatic heterocycles. The van der Waals surface area contributed by atoms with Gasteiger partial charge in [-0.05, 0) is 18.3 Å². The summed E-state index contributed by atoms with van der Waals surface area (Å²) in [6.07, 6.45) is 3.27. The van der Waals surface area contributed by atoms with Gasteiger partial charge in [-0.15, -0.1) is 0 Å². The number of hydrogen-bond donors (Lipinski definition) is 0. The smallest absolute Gasteiger partial charge is 0.222 e. The fraction of sp³-hybridized carbons (Fsp3) is 1.00. The van der Waals surface area contributed by atoms with Gasteiger partial charge in [0, 0.05) is 11.8 Å². The maximum atomic E-state index is 14.8. The highest BCUT2D eigenvalue weighted by Gasteiger charge is 2.66. The van der Waals surface area contributed by atoms with Crippen molar-refractivity contribution in [3.05, 3.63) is 0 Å². The highest BCUT2D eigenvalue weighted by atomic mass is 19.2. The minimum absolute atomic E-state index is 0.106. The van der Waals surface area contributed by atoms with E-state index in [1.165, 1.54) is 0 Å². The Bertz CT molecular complexity index is 300. The molecule has 0 N–H and O–H groups in total. The summed E-state index contributed by atoms with van der Waals surface area (Å²) in [5, 5.41) is 0. The Labute approximate surface area is 117 Å². The molecule has 1 nitrogen and oxygen atoms in total. The zero-order chi connectivity index (χ0) is 14.9. The van der Waals surface area contributed by atoms with Crippen LogP contribution < -0.4 is 0 Å². The standard InChI is InChI=1S/C16H30F2O/c1-7-13(5,8-2)11-15(17)12-16(18,19-15)14(6,9-3)10-4/h7-12H2,1-6H3. The summed E-state index contributed by atoms with van der Waals surface area (Å²) in [6.45, 7) is 11.9. The molecule has 0 aromatic rings. The number of ether oxygens (including phenoxy) is 1. The maximum absolute atomic E-state index is 14.8. The molecule has 0 spiro atoms. The predicted octanol–water partition coefficient (Wildman–Crippen LogP) is 5.78. The summed E-state index contributed by atoms with van der Waals surface area (Å²) in [5.41, 5.74) is -0.692. The molecule has 2 unspecified atom stereocenters. The van der Waals surface area contributed by atoms with Crippen LogP contribution in [0.15, 0.2) is 0 Å². The molecule has 3 heteroatoms. The molecule has 1 rings (SSSR count). The average molecular weight is 276 g/mol. The van der Waals surface area contributed by atoms with Gasteiger partial charge in [0.25, 0.3) is 0 Å². The molecule has 0 aliphatic carbocycles. The van der Waals surface area contributed by atoms with Crippen LogP contribution in [0, 0.1) is 10.8 Å². The van der Waals surface area contributed by atoms with Crippen molar-refractivity contribution < 1.29 is 13.5 Å². The fourth-order valence-electron chi connectivity index (χ4n) is 2.97. The lowest BCUT2D eigenvalue weighted by atomic mass is 9.68. The van der Waals surface area contributed by atoms with Crippen LogP contribution in [0.1, 0.15) is 80.1 Å². The molecular weight excluding hydrogens is 246 g/mol. The first-order valence-electron chi connectivity index (χ1n) is 7.69. The number of rotatable bonds is 7. The van der Waals surface area contributed by atoms with Gasteiger partial charge in [-0.1, -0.05) is 54.4 Å². The molecule has 0 radical (unpaired) electrons. The van der Waals surface area contributed by atoms with E-state index in [1.54, 1.807) is 0 Å². The molecule has 1 heterocycles. The summed E-state index contributed by atoms with van der Waals surface area (Å²) in [6, 6.07) is 0. The SMILES string of the molecule is CCC(C)(CC)CC1(F)CC(F)(C(C)(CC)CC)O1. The molecule has 114 valence electrons. The van der Waals surface area contributed by atoms with Crippen molar-refractivity contribution in [2.45, 2.75) is 91.8 Å². The minimum atomic E-state index is -1.80. The lowest BCUT2D eigenvalue weighted by Crippen LogP contribution is -2.63. The highest BCUT2D eigenvalue weighted by Crippen LogP contribution is 2.59. The lowest BCUT2D eigenvalue weighted by Gasteiger charge is -2.56. The summed E-state index contributed by atoms with van der Waals surface area (Å²) in [5.74, 6) is -3.57. The van der Waals surface area contributed by atoms with Gasteiger partial charge < -0.3 is 4.74 Å². The number of hydrogen-bond acceptors (Lipinski definition) is 1. The third-order valence-corrected chi connectivity index (χ3v) is 5.70. The Balaban J connectivity index is 2.74.